The SMILES string of the molecule is CCCCCOc1ccc(F)c(CNC(=O)c2ccc3ncccc3c2)c1. The van der Waals surface area contributed by atoms with Gasteiger partial charge in [0.1, 0.15) is 11.6 Å². The number of rotatable bonds is 8. The number of hydrogen-bond acceptors (Lipinski definition) is 3. The number of pyridine rings is 1. The maximum atomic E-state index is 14.1. The molecule has 0 spiro atoms. The maximum absolute atomic E-state index is 14.1. The number of carbonyl (C=O) groups excluding carboxylic acids is 1. The highest BCUT2D eigenvalue weighted by Gasteiger charge is 2.10. The van der Waals surface area contributed by atoms with E-state index in [0.717, 1.165) is 30.2 Å². The van der Waals surface area contributed by atoms with Crippen LogP contribution < -0.4 is 10.1 Å². The predicted molar refractivity (Wildman–Crippen MR) is 104 cm³/mol. The third-order valence-electron chi connectivity index (χ3n) is 4.34. The van der Waals surface area contributed by atoms with Crippen LogP contribution in [0.15, 0.2) is 54.7 Å². The van der Waals surface area contributed by atoms with Gasteiger partial charge < -0.3 is 10.1 Å². The lowest BCUT2D eigenvalue weighted by Crippen LogP contribution is -2.23. The van der Waals surface area contributed by atoms with Gasteiger partial charge in [0.25, 0.3) is 5.91 Å². The molecule has 0 aliphatic rings. The number of halogens is 1. The molecule has 0 aliphatic carbocycles. The van der Waals surface area contributed by atoms with E-state index < -0.39 is 0 Å². The molecule has 0 aliphatic heterocycles. The average Bonchev–Trinajstić information content (AvgIpc) is 2.70. The van der Waals surface area contributed by atoms with Crippen LogP contribution in [0.1, 0.15) is 42.1 Å². The Balaban J connectivity index is 1.63. The van der Waals surface area contributed by atoms with Crippen LogP contribution in [-0.4, -0.2) is 17.5 Å². The molecule has 0 fully saturated rings. The van der Waals surface area contributed by atoms with Gasteiger partial charge in [0, 0.05) is 29.3 Å². The number of nitrogens with zero attached hydrogens (tertiary/aromatic N) is 1. The molecule has 0 radical (unpaired) electrons. The van der Waals surface area contributed by atoms with Crippen molar-refractivity contribution in [3.8, 4) is 5.75 Å². The van der Waals surface area contributed by atoms with Crippen molar-refractivity contribution in [3.05, 3.63) is 71.7 Å². The number of aromatic nitrogens is 1. The van der Waals surface area contributed by atoms with E-state index in [1.54, 1.807) is 36.5 Å². The van der Waals surface area contributed by atoms with Crippen LogP contribution in [0, 0.1) is 5.82 Å². The van der Waals surface area contributed by atoms with Gasteiger partial charge in [0.2, 0.25) is 0 Å². The highest BCUT2D eigenvalue weighted by atomic mass is 19.1. The van der Waals surface area contributed by atoms with Crippen LogP contribution >= 0.6 is 0 Å². The van der Waals surface area contributed by atoms with Gasteiger partial charge in [-0.1, -0.05) is 25.8 Å². The number of fused-ring (bicyclic) bond motifs is 1. The standard InChI is InChI=1S/C22H23FN2O2/c1-2-3-4-12-27-19-8-9-20(23)18(14-19)15-25-22(26)17-7-10-21-16(13-17)6-5-11-24-21/h5-11,13-14H,2-4,12,15H2,1H3,(H,25,26). The average molecular weight is 366 g/mol. The summed E-state index contributed by atoms with van der Waals surface area (Å²) < 4.78 is 19.7. The molecule has 1 amide bonds. The molecule has 3 rings (SSSR count). The van der Waals surface area contributed by atoms with Crippen LogP contribution in [-0.2, 0) is 6.54 Å². The highest BCUT2D eigenvalue weighted by Crippen LogP contribution is 2.18. The summed E-state index contributed by atoms with van der Waals surface area (Å²) in [5.41, 5.74) is 1.75. The minimum atomic E-state index is -0.362. The lowest BCUT2D eigenvalue weighted by Gasteiger charge is -2.10. The summed E-state index contributed by atoms with van der Waals surface area (Å²) in [5.74, 6) is 0.00173. The molecule has 0 saturated carbocycles. The third-order valence-corrected chi connectivity index (χ3v) is 4.34. The normalized spacial score (nSPS) is 10.7. The predicted octanol–water partition coefficient (Wildman–Crippen LogP) is 4.87. The summed E-state index contributed by atoms with van der Waals surface area (Å²) in [5, 5.41) is 3.66. The largest absolute Gasteiger partial charge is 0.494 e. The quantitative estimate of drug-likeness (QED) is 0.579. The van der Waals surface area contributed by atoms with Crippen molar-refractivity contribution in [2.24, 2.45) is 0 Å². The van der Waals surface area contributed by atoms with Crippen molar-refractivity contribution in [2.75, 3.05) is 6.61 Å². The number of carbonyl (C=O) groups is 1. The van der Waals surface area contributed by atoms with Crippen LogP contribution in [0.25, 0.3) is 10.9 Å². The number of unbranched alkanes of at least 4 members (excludes halogenated alkanes) is 2. The zero-order chi connectivity index (χ0) is 19.1. The lowest BCUT2D eigenvalue weighted by atomic mass is 10.1. The first-order chi connectivity index (χ1) is 13.2. The first kappa shape index (κ1) is 18.8. The Kier molecular flexibility index (Phi) is 6.36. The Bertz CT molecular complexity index is 927. The maximum Gasteiger partial charge on any atom is 0.251 e. The van der Waals surface area contributed by atoms with Gasteiger partial charge in [-0.05, 0) is 48.9 Å². The van der Waals surface area contributed by atoms with Gasteiger partial charge in [-0.25, -0.2) is 4.39 Å². The van der Waals surface area contributed by atoms with E-state index in [1.807, 2.05) is 12.1 Å². The molecule has 2 aromatic carbocycles. The molecule has 5 heteroatoms. The number of nitrogens with one attached hydrogen (secondary N) is 1. The van der Waals surface area contributed by atoms with Gasteiger partial charge in [0.15, 0.2) is 0 Å². The Hall–Kier alpha value is -2.95. The molecular formula is C22H23FN2O2. The second-order valence-electron chi connectivity index (χ2n) is 6.40. The van der Waals surface area contributed by atoms with Crippen molar-refractivity contribution in [2.45, 2.75) is 32.7 Å². The Labute approximate surface area is 158 Å². The number of ether oxygens (including phenoxy) is 1. The van der Waals surface area contributed by atoms with Crippen LogP contribution in [0.4, 0.5) is 4.39 Å². The molecule has 3 aromatic rings. The molecule has 1 aromatic heterocycles. The van der Waals surface area contributed by atoms with E-state index in [4.69, 9.17) is 4.74 Å². The zero-order valence-electron chi connectivity index (χ0n) is 15.4. The molecular weight excluding hydrogens is 343 g/mol. The second kappa shape index (κ2) is 9.12. The molecule has 0 atom stereocenters. The minimum absolute atomic E-state index is 0.0991. The Morgan fingerprint density at radius 1 is 1.15 bits per heavy atom. The summed E-state index contributed by atoms with van der Waals surface area (Å²) in [6.07, 6.45) is 4.90. The first-order valence-electron chi connectivity index (χ1n) is 9.21. The summed E-state index contributed by atoms with van der Waals surface area (Å²) in [6.45, 7) is 2.84. The second-order valence-corrected chi connectivity index (χ2v) is 6.40. The third kappa shape index (κ3) is 5.03. The number of amides is 1. The van der Waals surface area contributed by atoms with E-state index in [-0.39, 0.29) is 18.3 Å². The monoisotopic (exact) mass is 366 g/mol. The molecule has 140 valence electrons. The fourth-order valence-electron chi connectivity index (χ4n) is 2.81. The molecule has 4 nitrogen and oxygen atoms in total. The number of benzene rings is 2. The lowest BCUT2D eigenvalue weighted by molar-refractivity contribution is 0.0950. The molecule has 1 heterocycles. The molecule has 27 heavy (non-hydrogen) atoms. The summed E-state index contributed by atoms with van der Waals surface area (Å²) in [7, 11) is 0. The summed E-state index contributed by atoms with van der Waals surface area (Å²) in [6, 6.07) is 13.7. The Morgan fingerprint density at radius 3 is 2.89 bits per heavy atom. The van der Waals surface area contributed by atoms with Crippen molar-refractivity contribution in [1.29, 1.82) is 0 Å². The van der Waals surface area contributed by atoms with Crippen LogP contribution in [0.5, 0.6) is 5.75 Å². The Morgan fingerprint density at radius 2 is 2.04 bits per heavy atom. The molecule has 0 unspecified atom stereocenters. The first-order valence-corrected chi connectivity index (χ1v) is 9.21. The summed E-state index contributed by atoms with van der Waals surface area (Å²) >= 11 is 0. The van der Waals surface area contributed by atoms with E-state index >= 15 is 0 Å². The summed E-state index contributed by atoms with van der Waals surface area (Å²) in [4.78, 5) is 16.7. The zero-order valence-corrected chi connectivity index (χ0v) is 15.4. The van der Waals surface area contributed by atoms with E-state index in [9.17, 15) is 9.18 Å². The van der Waals surface area contributed by atoms with Crippen molar-refractivity contribution in [1.82, 2.24) is 10.3 Å². The van der Waals surface area contributed by atoms with Crippen LogP contribution in [0.3, 0.4) is 0 Å². The topological polar surface area (TPSA) is 51.2 Å². The van der Waals surface area contributed by atoms with Gasteiger partial charge in [0.05, 0.1) is 12.1 Å². The van der Waals surface area contributed by atoms with Crippen molar-refractivity contribution >= 4 is 16.8 Å². The minimum Gasteiger partial charge on any atom is -0.494 e. The van der Waals surface area contributed by atoms with E-state index in [0.29, 0.717) is 23.5 Å². The fraction of sp³-hybridized carbons (Fsp3) is 0.273. The van der Waals surface area contributed by atoms with E-state index in [1.165, 1.54) is 6.07 Å². The molecule has 0 saturated heterocycles. The number of hydrogen-bond donors (Lipinski definition) is 1. The molecule has 1 N–H and O–H groups in total. The van der Waals surface area contributed by atoms with Gasteiger partial charge >= 0.3 is 0 Å². The van der Waals surface area contributed by atoms with Gasteiger partial charge in [-0.15, -0.1) is 0 Å². The fourth-order valence-corrected chi connectivity index (χ4v) is 2.81. The van der Waals surface area contributed by atoms with Crippen LogP contribution in [0.2, 0.25) is 0 Å². The highest BCUT2D eigenvalue weighted by molar-refractivity contribution is 5.97. The molecule has 0 bridgehead atoms. The smallest absolute Gasteiger partial charge is 0.251 e. The van der Waals surface area contributed by atoms with Gasteiger partial charge in [-0.2, -0.15) is 0 Å². The van der Waals surface area contributed by atoms with Gasteiger partial charge in [-0.3, -0.25) is 9.78 Å². The van der Waals surface area contributed by atoms with Crippen molar-refractivity contribution < 1.29 is 13.9 Å². The van der Waals surface area contributed by atoms with E-state index in [2.05, 4.69) is 17.2 Å². The van der Waals surface area contributed by atoms with Crippen molar-refractivity contribution in [3.63, 3.8) is 0 Å².